The number of anilines is 1. The minimum Gasteiger partial charge on any atom is -0.398 e. The highest BCUT2D eigenvalue weighted by Crippen LogP contribution is 2.28. The number of halogens is 1. The Morgan fingerprint density at radius 3 is 2.95 bits per heavy atom. The molecule has 2 N–H and O–H groups in total. The van der Waals surface area contributed by atoms with Crippen molar-refractivity contribution in [3.05, 3.63) is 45.6 Å². The van der Waals surface area contributed by atoms with Gasteiger partial charge in [-0.1, -0.05) is 11.6 Å². The molecule has 0 atom stereocenters. The first-order valence-corrected chi connectivity index (χ1v) is 8.30. The molecule has 0 aliphatic rings. The largest absolute Gasteiger partial charge is 0.398 e. The Morgan fingerprint density at radius 2 is 2.25 bits per heavy atom. The monoisotopic (exact) mass is 326 g/mol. The summed E-state index contributed by atoms with van der Waals surface area (Å²) in [5, 5.41) is 4.68. The summed E-state index contributed by atoms with van der Waals surface area (Å²) < 4.78 is 0. The maximum atomic E-state index is 12.1. The van der Waals surface area contributed by atoms with Crippen molar-refractivity contribution in [1.82, 2.24) is 4.90 Å². The molecule has 0 aliphatic heterocycles. The number of amides is 1. The van der Waals surface area contributed by atoms with Gasteiger partial charge in [-0.3, -0.25) is 4.79 Å². The molecule has 3 nitrogen and oxygen atoms in total. The first-order chi connectivity index (χ1) is 9.56. The van der Waals surface area contributed by atoms with Crippen molar-refractivity contribution in [2.45, 2.75) is 11.4 Å². The van der Waals surface area contributed by atoms with Crippen LogP contribution in [0.3, 0.4) is 0 Å². The number of nitrogens with two attached hydrogens (primary N) is 1. The zero-order chi connectivity index (χ0) is 14.5. The third kappa shape index (κ3) is 4.16. The first kappa shape index (κ1) is 15.2. The summed E-state index contributed by atoms with van der Waals surface area (Å²) in [4.78, 5) is 14.6. The summed E-state index contributed by atoms with van der Waals surface area (Å²) >= 11 is 8.97. The van der Waals surface area contributed by atoms with Crippen LogP contribution in [0.25, 0.3) is 0 Å². The third-order valence-electron chi connectivity index (χ3n) is 2.75. The van der Waals surface area contributed by atoms with Gasteiger partial charge in [0.05, 0.1) is 5.75 Å². The molecule has 0 aliphatic carbocycles. The van der Waals surface area contributed by atoms with Crippen molar-refractivity contribution >= 4 is 46.3 Å². The highest BCUT2D eigenvalue weighted by Gasteiger charge is 2.11. The molecule has 0 saturated heterocycles. The number of benzene rings is 1. The van der Waals surface area contributed by atoms with Crippen LogP contribution in [0.15, 0.2) is 39.9 Å². The van der Waals surface area contributed by atoms with Gasteiger partial charge < -0.3 is 10.6 Å². The van der Waals surface area contributed by atoms with Gasteiger partial charge in [0.15, 0.2) is 0 Å². The quantitative estimate of drug-likeness (QED) is 0.672. The van der Waals surface area contributed by atoms with E-state index in [1.807, 2.05) is 23.9 Å². The van der Waals surface area contributed by atoms with Crippen LogP contribution < -0.4 is 5.73 Å². The molecular formula is C14H15ClN2OS2. The SMILES string of the molecule is CN(Cc1ccsc1)C(=O)CSc1cc(Cl)ccc1N. The first-order valence-electron chi connectivity index (χ1n) is 5.99. The highest BCUT2D eigenvalue weighted by atomic mass is 35.5. The van der Waals surface area contributed by atoms with E-state index in [-0.39, 0.29) is 5.91 Å². The molecule has 0 bridgehead atoms. The summed E-state index contributed by atoms with van der Waals surface area (Å²) in [6.45, 7) is 0.633. The van der Waals surface area contributed by atoms with Gasteiger partial charge in [-0.15, -0.1) is 11.8 Å². The average molecular weight is 327 g/mol. The van der Waals surface area contributed by atoms with Crippen LogP contribution in [-0.2, 0) is 11.3 Å². The van der Waals surface area contributed by atoms with E-state index in [2.05, 4.69) is 0 Å². The van der Waals surface area contributed by atoms with Gasteiger partial charge in [0.2, 0.25) is 5.91 Å². The molecule has 106 valence electrons. The normalized spacial score (nSPS) is 10.5. The van der Waals surface area contributed by atoms with E-state index >= 15 is 0 Å². The van der Waals surface area contributed by atoms with Crippen molar-refractivity contribution < 1.29 is 4.79 Å². The van der Waals surface area contributed by atoms with E-state index in [9.17, 15) is 4.79 Å². The van der Waals surface area contributed by atoms with E-state index < -0.39 is 0 Å². The summed E-state index contributed by atoms with van der Waals surface area (Å²) in [5.74, 6) is 0.422. The molecule has 0 spiro atoms. The Balaban J connectivity index is 1.89. The Bertz CT molecular complexity index is 587. The molecule has 1 amide bonds. The Morgan fingerprint density at radius 1 is 1.45 bits per heavy atom. The van der Waals surface area contributed by atoms with Crippen LogP contribution in [0.1, 0.15) is 5.56 Å². The molecule has 6 heteroatoms. The summed E-state index contributed by atoms with van der Waals surface area (Å²) in [6.07, 6.45) is 0. The van der Waals surface area contributed by atoms with Crippen LogP contribution in [0.4, 0.5) is 5.69 Å². The van der Waals surface area contributed by atoms with Crippen LogP contribution in [0.2, 0.25) is 5.02 Å². The second kappa shape index (κ2) is 7.02. The van der Waals surface area contributed by atoms with Crippen molar-refractivity contribution in [3.63, 3.8) is 0 Å². The van der Waals surface area contributed by atoms with Crippen molar-refractivity contribution in [3.8, 4) is 0 Å². The van der Waals surface area contributed by atoms with E-state index in [0.29, 0.717) is 23.0 Å². The molecule has 2 rings (SSSR count). The van der Waals surface area contributed by atoms with E-state index in [1.54, 1.807) is 34.4 Å². The lowest BCUT2D eigenvalue weighted by Crippen LogP contribution is -2.27. The van der Waals surface area contributed by atoms with E-state index in [4.69, 9.17) is 17.3 Å². The zero-order valence-corrected chi connectivity index (χ0v) is 13.4. The fraction of sp³-hybridized carbons (Fsp3) is 0.214. The number of hydrogen-bond donors (Lipinski definition) is 1. The Kier molecular flexibility index (Phi) is 5.34. The minimum absolute atomic E-state index is 0.0700. The lowest BCUT2D eigenvalue weighted by molar-refractivity contribution is -0.127. The van der Waals surface area contributed by atoms with Crippen LogP contribution in [0.5, 0.6) is 0 Å². The van der Waals surface area contributed by atoms with Crippen LogP contribution in [0, 0.1) is 0 Å². The second-order valence-corrected chi connectivity index (χ2v) is 6.59. The van der Waals surface area contributed by atoms with Gasteiger partial charge in [-0.2, -0.15) is 11.3 Å². The average Bonchev–Trinajstić information content (AvgIpc) is 2.92. The zero-order valence-electron chi connectivity index (χ0n) is 11.0. The molecule has 0 saturated carbocycles. The van der Waals surface area contributed by atoms with Gasteiger partial charge in [-0.25, -0.2) is 0 Å². The number of thioether (sulfide) groups is 1. The molecule has 1 aromatic carbocycles. The smallest absolute Gasteiger partial charge is 0.232 e. The summed E-state index contributed by atoms with van der Waals surface area (Å²) in [6, 6.07) is 7.31. The van der Waals surface area contributed by atoms with Crippen molar-refractivity contribution in [1.29, 1.82) is 0 Å². The fourth-order valence-electron chi connectivity index (χ4n) is 1.63. The molecule has 20 heavy (non-hydrogen) atoms. The maximum Gasteiger partial charge on any atom is 0.232 e. The number of hydrogen-bond acceptors (Lipinski definition) is 4. The molecule has 0 unspecified atom stereocenters. The number of carbonyl (C=O) groups is 1. The van der Waals surface area contributed by atoms with E-state index in [0.717, 1.165) is 10.5 Å². The van der Waals surface area contributed by atoms with Gasteiger partial charge >= 0.3 is 0 Å². The summed E-state index contributed by atoms with van der Waals surface area (Å²) in [5.41, 5.74) is 7.66. The van der Waals surface area contributed by atoms with Gasteiger partial charge in [0.25, 0.3) is 0 Å². The van der Waals surface area contributed by atoms with Crippen molar-refractivity contribution in [2.75, 3.05) is 18.5 Å². The molecular weight excluding hydrogens is 312 g/mol. The number of rotatable bonds is 5. The minimum atomic E-state index is 0.0700. The van der Waals surface area contributed by atoms with E-state index in [1.165, 1.54) is 11.8 Å². The predicted molar refractivity (Wildman–Crippen MR) is 87.4 cm³/mol. The van der Waals surface area contributed by atoms with Crippen LogP contribution >= 0.6 is 34.7 Å². The van der Waals surface area contributed by atoms with Gasteiger partial charge in [-0.05, 0) is 40.6 Å². The number of carbonyl (C=O) groups excluding carboxylic acids is 1. The molecule has 0 radical (unpaired) electrons. The standard InChI is InChI=1S/C14H15ClN2OS2/c1-17(7-10-4-5-19-8-10)14(18)9-20-13-6-11(15)2-3-12(13)16/h2-6,8H,7,9,16H2,1H3. The topological polar surface area (TPSA) is 46.3 Å². The lowest BCUT2D eigenvalue weighted by Gasteiger charge is -2.16. The van der Waals surface area contributed by atoms with Crippen LogP contribution in [-0.4, -0.2) is 23.6 Å². The van der Waals surface area contributed by atoms with Crippen molar-refractivity contribution in [2.24, 2.45) is 0 Å². The fourth-order valence-corrected chi connectivity index (χ4v) is 3.47. The number of nitrogen functional groups attached to an aromatic ring is 1. The molecule has 0 fully saturated rings. The van der Waals surface area contributed by atoms with Gasteiger partial charge in [0.1, 0.15) is 0 Å². The Labute approximate surface area is 131 Å². The Hall–Kier alpha value is -1.17. The molecule has 2 aromatic rings. The molecule has 1 aromatic heterocycles. The lowest BCUT2D eigenvalue weighted by atomic mass is 10.3. The highest BCUT2D eigenvalue weighted by molar-refractivity contribution is 8.00. The maximum absolute atomic E-state index is 12.1. The molecule has 1 heterocycles. The van der Waals surface area contributed by atoms with Gasteiger partial charge in [0, 0.05) is 29.2 Å². The predicted octanol–water partition coefficient (Wildman–Crippen LogP) is 3.73. The third-order valence-corrected chi connectivity index (χ3v) is 4.78. The summed E-state index contributed by atoms with van der Waals surface area (Å²) in [7, 11) is 1.81. The second-order valence-electron chi connectivity index (χ2n) is 4.35. The number of nitrogens with zero attached hydrogens (tertiary/aromatic N) is 1. The number of thiophene rings is 1.